The lowest BCUT2D eigenvalue weighted by Crippen LogP contribution is -2.27. The summed E-state index contributed by atoms with van der Waals surface area (Å²) in [7, 11) is 1.94. The number of carbonyl (C=O) groups is 1. The van der Waals surface area contributed by atoms with Crippen molar-refractivity contribution in [2.75, 3.05) is 10.7 Å². The molecule has 0 saturated carbocycles. The highest BCUT2D eigenvalue weighted by atomic mass is 32.2. The molecule has 1 aromatic heterocycles. The number of amides is 1. The van der Waals surface area contributed by atoms with E-state index in [2.05, 4.69) is 24.0 Å². The van der Waals surface area contributed by atoms with Crippen molar-refractivity contribution in [2.24, 2.45) is 7.05 Å². The van der Waals surface area contributed by atoms with Crippen LogP contribution in [0, 0.1) is 0 Å². The minimum absolute atomic E-state index is 0.00139. The second-order valence-electron chi connectivity index (χ2n) is 6.24. The predicted molar refractivity (Wildman–Crippen MR) is 106 cm³/mol. The van der Waals surface area contributed by atoms with Gasteiger partial charge in [-0.15, -0.1) is 10.2 Å². The fourth-order valence-electron chi connectivity index (χ4n) is 2.74. The van der Waals surface area contributed by atoms with Crippen LogP contribution in [-0.2, 0) is 11.8 Å². The Morgan fingerprint density at radius 2 is 1.54 bits per heavy atom. The first kappa shape index (κ1) is 18.2. The lowest BCUT2D eigenvalue weighted by Gasteiger charge is -2.22. The van der Waals surface area contributed by atoms with Gasteiger partial charge in [-0.25, -0.2) is 0 Å². The molecule has 3 rings (SSSR count). The molecular weight excluding hydrogens is 344 g/mol. The molecule has 3 aromatic rings. The standard InChI is InChI=1S/C20H22N4OS/c1-15(2)19-21-22-20(23(19)3)26-14-18(25)24(16-10-6-4-7-11-16)17-12-8-5-9-13-17/h4-13,15H,14H2,1-3H3. The highest BCUT2D eigenvalue weighted by Gasteiger charge is 2.20. The molecule has 0 atom stereocenters. The molecule has 6 heteroatoms. The number of para-hydroxylation sites is 2. The van der Waals surface area contributed by atoms with Crippen LogP contribution in [0.2, 0.25) is 0 Å². The zero-order chi connectivity index (χ0) is 18.5. The summed E-state index contributed by atoms with van der Waals surface area (Å²) in [6, 6.07) is 19.4. The van der Waals surface area contributed by atoms with E-state index in [9.17, 15) is 4.79 Å². The molecule has 1 heterocycles. The van der Waals surface area contributed by atoms with E-state index in [4.69, 9.17) is 0 Å². The fourth-order valence-corrected chi connectivity index (χ4v) is 3.50. The fraction of sp³-hybridized carbons (Fsp3) is 0.250. The summed E-state index contributed by atoms with van der Waals surface area (Å²) >= 11 is 1.41. The van der Waals surface area contributed by atoms with Gasteiger partial charge in [0.2, 0.25) is 5.91 Å². The van der Waals surface area contributed by atoms with Crippen molar-refractivity contribution >= 4 is 29.0 Å². The van der Waals surface area contributed by atoms with Gasteiger partial charge >= 0.3 is 0 Å². The second-order valence-corrected chi connectivity index (χ2v) is 7.19. The Morgan fingerprint density at radius 1 is 1.00 bits per heavy atom. The van der Waals surface area contributed by atoms with Crippen molar-refractivity contribution in [2.45, 2.75) is 24.9 Å². The topological polar surface area (TPSA) is 51.0 Å². The molecule has 0 fully saturated rings. The predicted octanol–water partition coefficient (Wildman–Crippen LogP) is 4.40. The van der Waals surface area contributed by atoms with Gasteiger partial charge in [0, 0.05) is 24.3 Å². The molecule has 0 saturated heterocycles. The molecule has 0 radical (unpaired) electrons. The van der Waals surface area contributed by atoms with Gasteiger partial charge in [0.25, 0.3) is 0 Å². The molecule has 0 aliphatic rings. The molecule has 1 amide bonds. The Morgan fingerprint density at radius 3 is 2.00 bits per heavy atom. The third kappa shape index (κ3) is 3.96. The van der Waals surface area contributed by atoms with Crippen molar-refractivity contribution in [3.05, 3.63) is 66.5 Å². The average Bonchev–Trinajstić information content (AvgIpc) is 3.03. The van der Waals surface area contributed by atoms with Crippen LogP contribution in [0.4, 0.5) is 11.4 Å². The Kier molecular flexibility index (Phi) is 5.73. The van der Waals surface area contributed by atoms with Gasteiger partial charge in [-0.2, -0.15) is 0 Å². The van der Waals surface area contributed by atoms with Gasteiger partial charge in [-0.05, 0) is 24.3 Å². The number of hydrogen-bond acceptors (Lipinski definition) is 4. The van der Waals surface area contributed by atoms with Gasteiger partial charge in [0.05, 0.1) is 5.75 Å². The van der Waals surface area contributed by atoms with E-state index in [0.717, 1.165) is 22.4 Å². The number of benzene rings is 2. The first-order chi connectivity index (χ1) is 12.6. The number of nitrogens with zero attached hydrogens (tertiary/aromatic N) is 4. The summed E-state index contributed by atoms with van der Waals surface area (Å²) in [5.41, 5.74) is 1.70. The molecule has 26 heavy (non-hydrogen) atoms. The maximum Gasteiger partial charge on any atom is 0.242 e. The summed E-state index contributed by atoms with van der Waals surface area (Å²) in [6.07, 6.45) is 0. The van der Waals surface area contributed by atoms with E-state index in [1.54, 1.807) is 4.90 Å². The van der Waals surface area contributed by atoms with Gasteiger partial charge in [0.1, 0.15) is 5.82 Å². The zero-order valence-electron chi connectivity index (χ0n) is 15.2. The molecule has 0 aliphatic carbocycles. The van der Waals surface area contributed by atoms with Gasteiger partial charge in [0.15, 0.2) is 5.16 Å². The molecule has 0 spiro atoms. The molecule has 0 N–H and O–H groups in total. The second kappa shape index (κ2) is 8.19. The van der Waals surface area contributed by atoms with E-state index in [0.29, 0.717) is 5.92 Å². The Hall–Kier alpha value is -2.60. The van der Waals surface area contributed by atoms with Crippen LogP contribution in [-0.4, -0.2) is 26.4 Å². The summed E-state index contributed by atoms with van der Waals surface area (Å²) in [6.45, 7) is 4.16. The van der Waals surface area contributed by atoms with E-state index in [1.807, 2.05) is 72.3 Å². The maximum atomic E-state index is 13.0. The minimum Gasteiger partial charge on any atom is -0.309 e. The third-order valence-corrected chi connectivity index (χ3v) is 4.99. The summed E-state index contributed by atoms with van der Waals surface area (Å²) in [5.74, 6) is 1.50. The number of carbonyl (C=O) groups excluding carboxylic acids is 1. The highest BCUT2D eigenvalue weighted by Crippen LogP contribution is 2.27. The highest BCUT2D eigenvalue weighted by molar-refractivity contribution is 7.99. The number of anilines is 2. The van der Waals surface area contributed by atoms with Crippen molar-refractivity contribution in [1.29, 1.82) is 0 Å². The van der Waals surface area contributed by atoms with E-state index in [1.165, 1.54) is 11.8 Å². The zero-order valence-corrected chi connectivity index (χ0v) is 16.0. The van der Waals surface area contributed by atoms with Crippen molar-refractivity contribution in [3.8, 4) is 0 Å². The van der Waals surface area contributed by atoms with Gasteiger partial charge < -0.3 is 4.57 Å². The van der Waals surface area contributed by atoms with Gasteiger partial charge in [-0.3, -0.25) is 9.69 Å². The minimum atomic E-state index is 0.00139. The van der Waals surface area contributed by atoms with Crippen LogP contribution in [0.1, 0.15) is 25.6 Å². The molecule has 134 valence electrons. The monoisotopic (exact) mass is 366 g/mol. The van der Waals surface area contributed by atoms with Crippen molar-refractivity contribution < 1.29 is 4.79 Å². The van der Waals surface area contributed by atoms with Crippen LogP contribution in [0.15, 0.2) is 65.8 Å². The van der Waals surface area contributed by atoms with Crippen LogP contribution in [0.3, 0.4) is 0 Å². The summed E-state index contributed by atoms with van der Waals surface area (Å²) < 4.78 is 1.96. The SMILES string of the molecule is CC(C)c1nnc(SCC(=O)N(c2ccccc2)c2ccccc2)n1C. The molecule has 2 aromatic carbocycles. The Bertz CT molecular complexity index is 823. The van der Waals surface area contributed by atoms with E-state index < -0.39 is 0 Å². The Balaban J connectivity index is 1.81. The van der Waals surface area contributed by atoms with Crippen LogP contribution in [0.5, 0.6) is 0 Å². The first-order valence-electron chi connectivity index (χ1n) is 8.53. The number of thioether (sulfide) groups is 1. The Labute approximate surface area is 158 Å². The van der Waals surface area contributed by atoms with E-state index in [-0.39, 0.29) is 11.7 Å². The number of hydrogen-bond donors (Lipinski definition) is 0. The molecule has 0 aliphatic heterocycles. The quantitative estimate of drug-likeness (QED) is 0.607. The molecule has 0 bridgehead atoms. The summed E-state index contributed by atoms with van der Waals surface area (Å²) in [4.78, 5) is 14.8. The summed E-state index contributed by atoms with van der Waals surface area (Å²) in [5, 5.41) is 9.19. The molecule has 0 unspecified atom stereocenters. The first-order valence-corrected chi connectivity index (χ1v) is 9.51. The van der Waals surface area contributed by atoms with Gasteiger partial charge in [-0.1, -0.05) is 62.0 Å². The van der Waals surface area contributed by atoms with Crippen molar-refractivity contribution in [3.63, 3.8) is 0 Å². The lowest BCUT2D eigenvalue weighted by molar-refractivity contribution is -0.115. The normalized spacial score (nSPS) is 10.9. The third-order valence-electron chi connectivity index (χ3n) is 3.99. The average molecular weight is 366 g/mol. The van der Waals surface area contributed by atoms with Crippen molar-refractivity contribution in [1.82, 2.24) is 14.8 Å². The van der Waals surface area contributed by atoms with Crippen LogP contribution < -0.4 is 4.90 Å². The maximum absolute atomic E-state index is 13.0. The largest absolute Gasteiger partial charge is 0.309 e. The lowest BCUT2D eigenvalue weighted by atomic mass is 10.2. The molecule has 5 nitrogen and oxygen atoms in total. The van der Waals surface area contributed by atoms with Crippen LogP contribution in [0.25, 0.3) is 0 Å². The van der Waals surface area contributed by atoms with E-state index >= 15 is 0 Å². The number of rotatable bonds is 6. The number of aromatic nitrogens is 3. The smallest absolute Gasteiger partial charge is 0.242 e. The van der Waals surface area contributed by atoms with Crippen LogP contribution >= 0.6 is 11.8 Å². The molecular formula is C20H22N4OS.